The third-order valence-corrected chi connectivity index (χ3v) is 3.01. The van der Waals surface area contributed by atoms with Crippen molar-refractivity contribution in [2.24, 2.45) is 0 Å². The van der Waals surface area contributed by atoms with Crippen LogP contribution in [0, 0.1) is 26.6 Å². The first-order chi connectivity index (χ1) is 9.38. The second-order valence-corrected chi connectivity index (χ2v) is 4.69. The molecule has 1 aromatic carbocycles. The Morgan fingerprint density at radius 1 is 1.20 bits per heavy atom. The highest BCUT2D eigenvalue weighted by molar-refractivity contribution is 5.95. The van der Waals surface area contributed by atoms with Crippen LogP contribution in [0.2, 0.25) is 0 Å². The van der Waals surface area contributed by atoms with E-state index in [4.69, 9.17) is 0 Å². The van der Waals surface area contributed by atoms with E-state index in [2.05, 4.69) is 10.3 Å². The molecule has 4 nitrogen and oxygen atoms in total. The Balaban J connectivity index is 2.53. The summed E-state index contributed by atoms with van der Waals surface area (Å²) in [4.78, 5) is 15.5. The molecule has 0 aliphatic rings. The number of benzene rings is 1. The first-order valence-corrected chi connectivity index (χ1v) is 6.13. The maximum Gasteiger partial charge on any atom is 0.339 e. The normalized spacial score (nSPS) is 10.4. The van der Waals surface area contributed by atoms with E-state index < -0.39 is 5.97 Å². The maximum atomic E-state index is 13.3. The number of carboxylic acids is 1. The summed E-state index contributed by atoms with van der Waals surface area (Å²) in [6.45, 7) is 5.30. The molecule has 0 unspecified atom stereocenters. The van der Waals surface area contributed by atoms with Crippen molar-refractivity contribution in [3.63, 3.8) is 0 Å². The van der Waals surface area contributed by atoms with E-state index in [0.717, 1.165) is 5.56 Å². The highest BCUT2D eigenvalue weighted by Crippen LogP contribution is 2.25. The van der Waals surface area contributed by atoms with Gasteiger partial charge in [-0.05, 0) is 50.1 Å². The van der Waals surface area contributed by atoms with Crippen molar-refractivity contribution in [3.05, 3.63) is 52.5 Å². The second kappa shape index (κ2) is 5.28. The lowest BCUT2D eigenvalue weighted by Gasteiger charge is -2.13. The number of aromatic nitrogens is 1. The Morgan fingerprint density at radius 3 is 2.55 bits per heavy atom. The molecule has 0 spiro atoms. The number of aromatic carboxylic acids is 1. The second-order valence-electron chi connectivity index (χ2n) is 4.69. The minimum atomic E-state index is -1.06. The van der Waals surface area contributed by atoms with Crippen molar-refractivity contribution < 1.29 is 14.3 Å². The lowest BCUT2D eigenvalue weighted by molar-refractivity contribution is 0.0697. The fourth-order valence-electron chi connectivity index (χ4n) is 2.05. The van der Waals surface area contributed by atoms with Crippen LogP contribution >= 0.6 is 0 Å². The average Bonchev–Trinajstić information content (AvgIpc) is 2.32. The van der Waals surface area contributed by atoms with E-state index in [1.54, 1.807) is 26.0 Å². The van der Waals surface area contributed by atoms with Crippen LogP contribution in [0.3, 0.4) is 0 Å². The van der Waals surface area contributed by atoms with E-state index in [0.29, 0.717) is 16.9 Å². The first-order valence-electron chi connectivity index (χ1n) is 6.13. The van der Waals surface area contributed by atoms with Crippen molar-refractivity contribution in [1.29, 1.82) is 0 Å². The summed E-state index contributed by atoms with van der Waals surface area (Å²) in [6.07, 6.45) is 0. The molecule has 1 aromatic heterocycles. The third kappa shape index (κ3) is 2.77. The third-order valence-electron chi connectivity index (χ3n) is 3.01. The van der Waals surface area contributed by atoms with E-state index in [-0.39, 0.29) is 17.2 Å². The van der Waals surface area contributed by atoms with Gasteiger partial charge in [-0.15, -0.1) is 0 Å². The van der Waals surface area contributed by atoms with Crippen LogP contribution in [-0.2, 0) is 0 Å². The SMILES string of the molecule is Cc1cc(C)c(C(=O)O)c(Nc2cc(F)ccc2C)n1. The minimum absolute atomic E-state index is 0.0965. The molecule has 0 saturated carbocycles. The number of pyridine rings is 1. The van der Waals surface area contributed by atoms with Gasteiger partial charge in [0.2, 0.25) is 0 Å². The number of carbonyl (C=O) groups is 1. The molecular formula is C15H15FN2O2. The van der Waals surface area contributed by atoms with Crippen molar-refractivity contribution in [1.82, 2.24) is 4.98 Å². The van der Waals surface area contributed by atoms with E-state index in [1.807, 2.05) is 6.92 Å². The summed E-state index contributed by atoms with van der Waals surface area (Å²) < 4.78 is 13.3. The molecule has 0 saturated heterocycles. The molecule has 5 heteroatoms. The van der Waals surface area contributed by atoms with Gasteiger partial charge in [0.1, 0.15) is 17.2 Å². The summed E-state index contributed by atoms with van der Waals surface area (Å²) in [5, 5.41) is 12.2. The van der Waals surface area contributed by atoms with Gasteiger partial charge < -0.3 is 10.4 Å². The minimum Gasteiger partial charge on any atom is -0.478 e. The number of nitrogens with one attached hydrogen (secondary N) is 1. The van der Waals surface area contributed by atoms with Gasteiger partial charge in [-0.3, -0.25) is 0 Å². The Morgan fingerprint density at radius 2 is 1.90 bits per heavy atom. The molecular weight excluding hydrogens is 259 g/mol. The number of hydrogen-bond acceptors (Lipinski definition) is 3. The Bertz CT molecular complexity index is 684. The zero-order valence-corrected chi connectivity index (χ0v) is 11.5. The van der Waals surface area contributed by atoms with Gasteiger partial charge in [0, 0.05) is 11.4 Å². The van der Waals surface area contributed by atoms with Gasteiger partial charge in [-0.2, -0.15) is 0 Å². The summed E-state index contributed by atoms with van der Waals surface area (Å²) in [5.74, 6) is -1.23. The van der Waals surface area contributed by atoms with Crippen LogP contribution in [0.25, 0.3) is 0 Å². The Labute approximate surface area is 116 Å². The summed E-state index contributed by atoms with van der Waals surface area (Å²) in [5.41, 5.74) is 2.72. The van der Waals surface area contributed by atoms with Crippen LogP contribution in [0.15, 0.2) is 24.3 Å². The molecule has 1 heterocycles. The standard InChI is InChI=1S/C15H15FN2O2/c1-8-4-5-11(16)7-12(8)18-14-13(15(19)20)9(2)6-10(3)17-14/h4-7H,1-3H3,(H,17,18)(H,19,20). The molecule has 2 rings (SSSR count). The molecule has 0 atom stereocenters. The first kappa shape index (κ1) is 14.0. The van der Waals surface area contributed by atoms with Crippen molar-refractivity contribution in [2.75, 3.05) is 5.32 Å². The van der Waals surface area contributed by atoms with Crippen molar-refractivity contribution in [2.45, 2.75) is 20.8 Å². The van der Waals surface area contributed by atoms with Gasteiger partial charge >= 0.3 is 5.97 Å². The van der Waals surface area contributed by atoms with Gasteiger partial charge in [-0.1, -0.05) is 6.07 Å². The molecule has 2 aromatic rings. The topological polar surface area (TPSA) is 62.2 Å². The fraction of sp³-hybridized carbons (Fsp3) is 0.200. The van der Waals surface area contributed by atoms with Crippen molar-refractivity contribution >= 4 is 17.5 Å². The van der Waals surface area contributed by atoms with Crippen LogP contribution in [0.5, 0.6) is 0 Å². The molecule has 104 valence electrons. The Kier molecular flexibility index (Phi) is 3.70. The molecule has 0 aliphatic heterocycles. The predicted molar refractivity (Wildman–Crippen MR) is 75.1 cm³/mol. The van der Waals surface area contributed by atoms with Gasteiger partial charge in [0.05, 0.1) is 0 Å². The number of aryl methyl sites for hydroxylation is 3. The summed E-state index contributed by atoms with van der Waals surface area (Å²) >= 11 is 0. The number of rotatable bonds is 3. The summed E-state index contributed by atoms with van der Waals surface area (Å²) in [7, 11) is 0. The highest BCUT2D eigenvalue weighted by atomic mass is 19.1. The molecule has 0 radical (unpaired) electrons. The number of nitrogens with zero attached hydrogens (tertiary/aromatic N) is 1. The monoisotopic (exact) mass is 274 g/mol. The maximum absolute atomic E-state index is 13.3. The van der Waals surface area contributed by atoms with E-state index >= 15 is 0 Å². The number of halogens is 1. The predicted octanol–water partition coefficient (Wildman–Crippen LogP) is 3.59. The smallest absolute Gasteiger partial charge is 0.339 e. The largest absolute Gasteiger partial charge is 0.478 e. The molecule has 0 amide bonds. The van der Waals surface area contributed by atoms with E-state index in [1.165, 1.54) is 12.1 Å². The molecule has 0 fully saturated rings. The number of anilines is 2. The molecule has 20 heavy (non-hydrogen) atoms. The zero-order chi connectivity index (χ0) is 14.9. The summed E-state index contributed by atoms with van der Waals surface area (Å²) in [6, 6.07) is 6.00. The van der Waals surface area contributed by atoms with Crippen LogP contribution < -0.4 is 5.32 Å². The average molecular weight is 274 g/mol. The Hall–Kier alpha value is -2.43. The van der Waals surface area contributed by atoms with Crippen LogP contribution in [0.4, 0.5) is 15.9 Å². The van der Waals surface area contributed by atoms with Gasteiger partial charge in [0.15, 0.2) is 0 Å². The molecule has 2 N–H and O–H groups in total. The molecule has 0 bridgehead atoms. The van der Waals surface area contributed by atoms with Crippen LogP contribution in [0.1, 0.15) is 27.2 Å². The van der Waals surface area contributed by atoms with Gasteiger partial charge in [-0.25, -0.2) is 14.2 Å². The van der Waals surface area contributed by atoms with E-state index in [9.17, 15) is 14.3 Å². The zero-order valence-electron chi connectivity index (χ0n) is 11.5. The number of hydrogen-bond donors (Lipinski definition) is 2. The number of carboxylic acid groups (broad SMARTS) is 1. The van der Waals surface area contributed by atoms with Crippen molar-refractivity contribution in [3.8, 4) is 0 Å². The lowest BCUT2D eigenvalue weighted by Crippen LogP contribution is -2.09. The van der Waals surface area contributed by atoms with Gasteiger partial charge in [0.25, 0.3) is 0 Å². The highest BCUT2D eigenvalue weighted by Gasteiger charge is 2.16. The fourth-order valence-corrected chi connectivity index (χ4v) is 2.05. The quantitative estimate of drug-likeness (QED) is 0.897. The van der Waals surface area contributed by atoms with Crippen LogP contribution in [-0.4, -0.2) is 16.1 Å². The lowest BCUT2D eigenvalue weighted by atomic mass is 10.1. The molecule has 0 aliphatic carbocycles.